The van der Waals surface area contributed by atoms with Crippen molar-refractivity contribution in [1.29, 1.82) is 5.26 Å². The molecule has 3 aromatic rings. The van der Waals surface area contributed by atoms with Crippen LogP contribution < -0.4 is 0 Å². The highest BCUT2D eigenvalue weighted by Crippen LogP contribution is 2.30. The third-order valence-corrected chi connectivity index (χ3v) is 3.27. The normalized spacial score (nSPS) is 10.7. The first-order valence-corrected chi connectivity index (χ1v) is 5.72. The lowest BCUT2D eigenvalue weighted by molar-refractivity contribution is 0.865. The molecule has 2 heterocycles. The van der Waals surface area contributed by atoms with Crippen LogP contribution in [0.3, 0.4) is 0 Å². The maximum Gasteiger partial charge on any atom is 0.166 e. The third-order valence-electron chi connectivity index (χ3n) is 3.27. The van der Waals surface area contributed by atoms with E-state index in [9.17, 15) is 5.26 Å². The number of nitrogens with one attached hydrogen (secondary N) is 1. The fraction of sp³-hybridized carbons (Fsp3) is 0.143. The summed E-state index contributed by atoms with van der Waals surface area (Å²) < 4.78 is 1.95. The van der Waals surface area contributed by atoms with Gasteiger partial charge in [0.1, 0.15) is 11.9 Å². The van der Waals surface area contributed by atoms with Crippen molar-refractivity contribution in [3.05, 3.63) is 42.0 Å². The first-order chi connectivity index (χ1) is 8.72. The van der Waals surface area contributed by atoms with Gasteiger partial charge in [-0.2, -0.15) is 5.26 Å². The molecule has 18 heavy (non-hydrogen) atoms. The summed E-state index contributed by atoms with van der Waals surface area (Å²) in [5.41, 5.74) is 3.42. The van der Waals surface area contributed by atoms with Gasteiger partial charge in [0.2, 0.25) is 0 Å². The van der Waals surface area contributed by atoms with Gasteiger partial charge in [-0.05, 0) is 13.0 Å². The lowest BCUT2D eigenvalue weighted by Gasteiger charge is -2.02. The zero-order valence-corrected chi connectivity index (χ0v) is 10.2. The molecular formula is C14H12N4. The largest absolute Gasteiger partial charge is 0.360 e. The van der Waals surface area contributed by atoms with E-state index in [0.717, 1.165) is 28.0 Å². The van der Waals surface area contributed by atoms with E-state index >= 15 is 0 Å². The van der Waals surface area contributed by atoms with Crippen molar-refractivity contribution in [3.8, 4) is 17.3 Å². The number of aryl methyl sites for hydroxylation is 1. The number of hydrogen-bond donors (Lipinski definition) is 1. The second-order valence-corrected chi connectivity index (χ2v) is 4.27. The summed E-state index contributed by atoms with van der Waals surface area (Å²) in [6, 6.07) is 10.2. The summed E-state index contributed by atoms with van der Waals surface area (Å²) in [6.07, 6.45) is 1.93. The number of nitrogens with zero attached hydrogens (tertiary/aromatic N) is 3. The third kappa shape index (κ3) is 1.34. The van der Waals surface area contributed by atoms with Crippen molar-refractivity contribution >= 4 is 10.9 Å². The highest BCUT2D eigenvalue weighted by molar-refractivity contribution is 5.95. The van der Waals surface area contributed by atoms with E-state index in [-0.39, 0.29) is 0 Å². The van der Waals surface area contributed by atoms with Crippen LogP contribution in [0.5, 0.6) is 0 Å². The number of hydrogen-bond acceptors (Lipinski definition) is 2. The van der Waals surface area contributed by atoms with Gasteiger partial charge in [-0.1, -0.05) is 18.2 Å². The Hall–Kier alpha value is -2.54. The summed E-state index contributed by atoms with van der Waals surface area (Å²) in [5.74, 6) is 0.840. The predicted octanol–water partition coefficient (Wildman–Crippen LogP) is 2.75. The highest BCUT2D eigenvalue weighted by Gasteiger charge is 2.16. The van der Waals surface area contributed by atoms with Gasteiger partial charge in [0.05, 0.1) is 5.69 Å². The van der Waals surface area contributed by atoms with Crippen molar-refractivity contribution in [2.24, 2.45) is 7.05 Å². The molecule has 1 N–H and O–H groups in total. The fourth-order valence-electron chi connectivity index (χ4n) is 2.26. The Bertz CT molecular complexity index is 771. The molecule has 88 valence electrons. The summed E-state index contributed by atoms with van der Waals surface area (Å²) in [4.78, 5) is 7.50. The lowest BCUT2D eigenvalue weighted by atomic mass is 10.1. The molecule has 0 saturated carbocycles. The number of para-hydroxylation sites is 1. The monoisotopic (exact) mass is 236 g/mol. The van der Waals surface area contributed by atoms with Crippen LogP contribution in [0.4, 0.5) is 0 Å². The second-order valence-electron chi connectivity index (χ2n) is 4.27. The van der Waals surface area contributed by atoms with Crippen LogP contribution in [0.2, 0.25) is 0 Å². The Labute approximate surface area is 105 Å². The van der Waals surface area contributed by atoms with E-state index in [1.165, 1.54) is 0 Å². The van der Waals surface area contributed by atoms with Crippen LogP contribution in [-0.2, 0) is 7.05 Å². The van der Waals surface area contributed by atoms with Crippen molar-refractivity contribution < 1.29 is 0 Å². The number of imidazole rings is 1. The molecule has 1 aromatic carbocycles. The number of benzene rings is 1. The minimum atomic E-state index is 0.472. The molecule has 0 saturated heterocycles. The van der Waals surface area contributed by atoms with Gasteiger partial charge >= 0.3 is 0 Å². The van der Waals surface area contributed by atoms with Crippen LogP contribution >= 0.6 is 0 Å². The van der Waals surface area contributed by atoms with Gasteiger partial charge in [0.25, 0.3) is 0 Å². The average molecular weight is 236 g/mol. The molecule has 4 nitrogen and oxygen atoms in total. The first kappa shape index (κ1) is 10.6. The van der Waals surface area contributed by atoms with E-state index in [4.69, 9.17) is 0 Å². The molecule has 0 radical (unpaired) electrons. The van der Waals surface area contributed by atoms with Gasteiger partial charge < -0.3 is 9.55 Å². The van der Waals surface area contributed by atoms with Gasteiger partial charge in [-0.15, -0.1) is 0 Å². The molecule has 0 aliphatic carbocycles. The van der Waals surface area contributed by atoms with Gasteiger partial charge in [-0.25, -0.2) is 4.98 Å². The topological polar surface area (TPSA) is 57.4 Å². The van der Waals surface area contributed by atoms with Crippen LogP contribution in [0, 0.1) is 18.3 Å². The molecular weight excluding hydrogens is 224 g/mol. The molecule has 0 spiro atoms. The zero-order valence-electron chi connectivity index (χ0n) is 10.2. The van der Waals surface area contributed by atoms with Crippen LogP contribution in [0.25, 0.3) is 22.2 Å². The molecule has 0 fully saturated rings. The minimum absolute atomic E-state index is 0.472. The van der Waals surface area contributed by atoms with E-state index < -0.39 is 0 Å². The molecule has 2 aromatic heterocycles. The molecule has 0 amide bonds. The summed E-state index contributed by atoms with van der Waals surface area (Å²) >= 11 is 0. The zero-order chi connectivity index (χ0) is 12.7. The molecule has 0 atom stereocenters. The van der Waals surface area contributed by atoms with E-state index in [2.05, 4.69) is 16.0 Å². The Morgan fingerprint density at radius 3 is 2.89 bits per heavy atom. The quantitative estimate of drug-likeness (QED) is 0.706. The number of fused-ring (bicyclic) bond motifs is 1. The first-order valence-electron chi connectivity index (χ1n) is 5.72. The number of nitriles is 1. The van der Waals surface area contributed by atoms with Crippen molar-refractivity contribution in [2.75, 3.05) is 0 Å². The van der Waals surface area contributed by atoms with Crippen molar-refractivity contribution in [3.63, 3.8) is 0 Å². The van der Waals surface area contributed by atoms with Crippen molar-refractivity contribution in [2.45, 2.75) is 6.92 Å². The summed E-state index contributed by atoms with van der Waals surface area (Å²) in [6.45, 7) is 1.90. The number of aromatic amines is 1. The Morgan fingerprint density at radius 1 is 1.33 bits per heavy atom. The van der Waals surface area contributed by atoms with Gasteiger partial charge in [0, 0.05) is 29.7 Å². The maximum atomic E-state index is 9.19. The van der Waals surface area contributed by atoms with Crippen LogP contribution in [-0.4, -0.2) is 14.5 Å². The Balaban J connectivity index is 2.37. The molecule has 0 aliphatic heterocycles. The standard InChI is InChI=1S/C14H12N4/c1-9-17-13(7-15)14(18(9)2)11-8-16-12-6-4-3-5-10(11)12/h3-6,8,16H,1-2H3. The lowest BCUT2D eigenvalue weighted by Crippen LogP contribution is -1.94. The van der Waals surface area contributed by atoms with Gasteiger partial charge in [-0.3, -0.25) is 0 Å². The van der Waals surface area contributed by atoms with E-state index in [0.29, 0.717) is 5.69 Å². The van der Waals surface area contributed by atoms with Crippen LogP contribution in [0.15, 0.2) is 30.5 Å². The van der Waals surface area contributed by atoms with E-state index in [1.54, 1.807) is 0 Å². The van der Waals surface area contributed by atoms with Gasteiger partial charge in [0.15, 0.2) is 5.69 Å². The maximum absolute atomic E-state index is 9.19. The number of rotatable bonds is 1. The Morgan fingerprint density at radius 2 is 2.11 bits per heavy atom. The Kier molecular flexibility index (Phi) is 2.20. The molecule has 0 aliphatic rings. The predicted molar refractivity (Wildman–Crippen MR) is 70.0 cm³/mol. The smallest absolute Gasteiger partial charge is 0.166 e. The van der Waals surface area contributed by atoms with E-state index in [1.807, 2.05) is 49.0 Å². The molecule has 4 heteroatoms. The number of H-pyrrole nitrogens is 1. The second kappa shape index (κ2) is 3.74. The molecule has 0 bridgehead atoms. The summed E-state index contributed by atoms with van der Waals surface area (Å²) in [5, 5.41) is 10.3. The van der Waals surface area contributed by atoms with Crippen LogP contribution in [0.1, 0.15) is 11.5 Å². The fourth-order valence-corrected chi connectivity index (χ4v) is 2.26. The SMILES string of the molecule is Cc1nc(C#N)c(-c2c[nH]c3ccccc23)n1C. The minimum Gasteiger partial charge on any atom is -0.360 e. The summed E-state index contributed by atoms with van der Waals surface area (Å²) in [7, 11) is 1.93. The number of aromatic nitrogens is 3. The molecule has 3 rings (SSSR count). The highest BCUT2D eigenvalue weighted by atomic mass is 15.1. The van der Waals surface area contributed by atoms with Crippen molar-refractivity contribution in [1.82, 2.24) is 14.5 Å². The molecule has 0 unspecified atom stereocenters. The average Bonchev–Trinajstić information content (AvgIpc) is 2.92.